The maximum atomic E-state index is 12.6. The fourth-order valence-corrected chi connectivity index (χ4v) is 6.42. The number of hydrogen-bond donors (Lipinski definition) is 0. The van der Waals surface area contributed by atoms with Crippen molar-refractivity contribution in [3.63, 3.8) is 0 Å². The summed E-state index contributed by atoms with van der Waals surface area (Å²) in [7, 11) is 0. The van der Waals surface area contributed by atoms with Gasteiger partial charge in [-0.25, -0.2) is 0 Å². The first-order valence-electron chi connectivity index (χ1n) is 21.9. The Labute approximate surface area is 310 Å². The first kappa shape index (κ1) is 48.4. The molecule has 0 aromatic rings. The van der Waals surface area contributed by atoms with Gasteiger partial charge in [0.2, 0.25) is 0 Å². The van der Waals surface area contributed by atoms with E-state index in [1.54, 1.807) is 0 Å². The van der Waals surface area contributed by atoms with Gasteiger partial charge in [-0.05, 0) is 25.2 Å². The summed E-state index contributed by atoms with van der Waals surface area (Å²) in [4.78, 5) is 37.4. The third kappa shape index (κ3) is 36.2. The van der Waals surface area contributed by atoms with Crippen LogP contribution in [0.4, 0.5) is 0 Å². The fourth-order valence-electron chi connectivity index (χ4n) is 6.42. The lowest BCUT2D eigenvalue weighted by Crippen LogP contribution is -2.30. The Morgan fingerprint density at radius 2 is 0.700 bits per heavy atom. The molecule has 0 aromatic carbocycles. The normalized spacial score (nSPS) is 12.5. The molecule has 0 saturated carbocycles. The molecule has 0 heterocycles. The molecule has 2 atom stereocenters. The van der Waals surface area contributed by atoms with Crippen LogP contribution in [0.5, 0.6) is 0 Å². The van der Waals surface area contributed by atoms with Crippen LogP contribution in [0.1, 0.15) is 240 Å². The number of rotatable bonds is 39. The van der Waals surface area contributed by atoms with Crippen LogP contribution in [0.15, 0.2) is 0 Å². The molecule has 0 bridgehead atoms. The van der Waals surface area contributed by atoms with Crippen molar-refractivity contribution in [1.82, 2.24) is 0 Å². The van der Waals surface area contributed by atoms with Crippen molar-refractivity contribution in [2.75, 3.05) is 13.2 Å². The fraction of sp³-hybridized carbons (Fsp3) is 0.932. The molecule has 0 aliphatic rings. The molecule has 6 heteroatoms. The monoisotopic (exact) mass is 709 g/mol. The second kappa shape index (κ2) is 38.6. The Morgan fingerprint density at radius 1 is 0.400 bits per heavy atom. The molecular formula is C44H84O6. The van der Waals surface area contributed by atoms with Crippen LogP contribution in [0.25, 0.3) is 0 Å². The minimum Gasteiger partial charge on any atom is -0.462 e. The number of carbonyl (C=O) groups excluding carboxylic acids is 3. The summed E-state index contributed by atoms with van der Waals surface area (Å²) in [6, 6.07) is 0. The minimum atomic E-state index is -0.757. The van der Waals surface area contributed by atoms with E-state index in [1.165, 1.54) is 128 Å². The van der Waals surface area contributed by atoms with E-state index in [0.717, 1.165) is 70.1 Å². The maximum absolute atomic E-state index is 12.6. The topological polar surface area (TPSA) is 78.9 Å². The molecule has 6 nitrogen and oxygen atoms in total. The van der Waals surface area contributed by atoms with Gasteiger partial charge in [0.15, 0.2) is 6.10 Å². The van der Waals surface area contributed by atoms with Gasteiger partial charge in [-0.15, -0.1) is 0 Å². The zero-order chi connectivity index (χ0) is 36.8. The van der Waals surface area contributed by atoms with Crippen molar-refractivity contribution in [2.45, 2.75) is 246 Å². The molecule has 0 aromatic heterocycles. The van der Waals surface area contributed by atoms with E-state index in [9.17, 15) is 14.4 Å². The van der Waals surface area contributed by atoms with Gasteiger partial charge in [-0.1, -0.05) is 201 Å². The van der Waals surface area contributed by atoms with E-state index < -0.39 is 6.10 Å². The molecule has 0 aliphatic heterocycles. The van der Waals surface area contributed by atoms with Crippen LogP contribution in [-0.2, 0) is 28.6 Å². The van der Waals surface area contributed by atoms with Gasteiger partial charge in [0.1, 0.15) is 13.2 Å². The Morgan fingerprint density at radius 3 is 1.04 bits per heavy atom. The first-order valence-corrected chi connectivity index (χ1v) is 21.9. The summed E-state index contributed by atoms with van der Waals surface area (Å²) in [5.41, 5.74) is 0. The Kier molecular flexibility index (Phi) is 37.4. The lowest BCUT2D eigenvalue weighted by molar-refractivity contribution is -0.167. The van der Waals surface area contributed by atoms with E-state index in [-0.39, 0.29) is 31.1 Å². The largest absolute Gasteiger partial charge is 0.462 e. The van der Waals surface area contributed by atoms with Crippen molar-refractivity contribution in [3.05, 3.63) is 0 Å². The minimum absolute atomic E-state index is 0.0653. The van der Waals surface area contributed by atoms with Crippen molar-refractivity contribution < 1.29 is 28.6 Å². The van der Waals surface area contributed by atoms with Gasteiger partial charge in [-0.3, -0.25) is 14.4 Å². The summed E-state index contributed by atoms with van der Waals surface area (Å²) in [5, 5.41) is 0. The second-order valence-electron chi connectivity index (χ2n) is 15.2. The number of hydrogen-bond acceptors (Lipinski definition) is 6. The highest BCUT2D eigenvalue weighted by atomic mass is 16.6. The van der Waals surface area contributed by atoms with Crippen molar-refractivity contribution in [3.8, 4) is 0 Å². The smallest absolute Gasteiger partial charge is 0.306 e. The molecule has 0 spiro atoms. The molecule has 0 amide bonds. The predicted molar refractivity (Wildman–Crippen MR) is 210 cm³/mol. The van der Waals surface area contributed by atoms with E-state index in [2.05, 4.69) is 27.7 Å². The van der Waals surface area contributed by atoms with Crippen molar-refractivity contribution >= 4 is 17.9 Å². The molecule has 1 unspecified atom stereocenters. The molecule has 0 rings (SSSR count). The van der Waals surface area contributed by atoms with E-state index in [1.807, 2.05) is 0 Å². The van der Waals surface area contributed by atoms with Gasteiger partial charge in [0.05, 0.1) is 0 Å². The number of esters is 3. The quantitative estimate of drug-likeness (QED) is 0.0359. The summed E-state index contributed by atoms with van der Waals surface area (Å²) >= 11 is 0. The Hall–Kier alpha value is -1.59. The highest BCUT2D eigenvalue weighted by Crippen LogP contribution is 2.17. The molecule has 296 valence electrons. The zero-order valence-electron chi connectivity index (χ0n) is 33.9. The van der Waals surface area contributed by atoms with E-state index in [0.29, 0.717) is 19.3 Å². The van der Waals surface area contributed by atoms with Gasteiger partial charge in [0.25, 0.3) is 0 Å². The van der Waals surface area contributed by atoms with Crippen LogP contribution < -0.4 is 0 Å². The van der Waals surface area contributed by atoms with Gasteiger partial charge >= 0.3 is 17.9 Å². The summed E-state index contributed by atoms with van der Waals surface area (Å²) in [6.45, 7) is 8.91. The van der Waals surface area contributed by atoms with Crippen LogP contribution in [0.3, 0.4) is 0 Å². The Balaban J connectivity index is 4.20. The van der Waals surface area contributed by atoms with Crippen LogP contribution >= 0.6 is 0 Å². The standard InChI is InChI=1S/C44H84O6/c1-5-8-10-12-13-14-15-16-17-18-19-20-24-28-32-36-43(46)49-39-41(38-48-42(45)35-31-26-11-9-6-2)50-44(47)37-33-29-25-22-21-23-27-30-34-40(4)7-3/h40-41H,5-39H2,1-4H3/t40?,41-/m1/s1. The van der Waals surface area contributed by atoms with E-state index in [4.69, 9.17) is 14.2 Å². The van der Waals surface area contributed by atoms with Crippen molar-refractivity contribution in [1.29, 1.82) is 0 Å². The molecule has 0 saturated heterocycles. The number of carbonyl (C=O) groups is 3. The SMILES string of the molecule is CCCCCCCCCCCCCCCCCC(=O)OC[C@@H](COC(=O)CCCCCCC)OC(=O)CCCCCCCCCCC(C)CC. The molecular weight excluding hydrogens is 624 g/mol. The van der Waals surface area contributed by atoms with Crippen LogP contribution in [0.2, 0.25) is 0 Å². The zero-order valence-corrected chi connectivity index (χ0v) is 33.9. The third-order valence-electron chi connectivity index (χ3n) is 10.2. The van der Waals surface area contributed by atoms with Crippen LogP contribution in [0, 0.1) is 5.92 Å². The molecule has 0 fully saturated rings. The molecule has 0 N–H and O–H groups in total. The molecule has 0 radical (unpaired) electrons. The van der Waals surface area contributed by atoms with Crippen molar-refractivity contribution in [2.24, 2.45) is 5.92 Å². The first-order chi connectivity index (χ1) is 24.4. The third-order valence-corrected chi connectivity index (χ3v) is 10.2. The Bertz CT molecular complexity index is 753. The average molecular weight is 709 g/mol. The summed E-state index contributed by atoms with van der Waals surface area (Å²) in [6.07, 6.45) is 36.8. The lowest BCUT2D eigenvalue weighted by atomic mass is 9.99. The van der Waals surface area contributed by atoms with Gasteiger partial charge in [-0.2, -0.15) is 0 Å². The predicted octanol–water partition coefficient (Wildman–Crippen LogP) is 13.6. The molecule has 0 aliphatic carbocycles. The number of unbranched alkanes of at least 4 members (excludes halogenated alkanes) is 25. The highest BCUT2D eigenvalue weighted by molar-refractivity contribution is 5.71. The lowest BCUT2D eigenvalue weighted by Gasteiger charge is -2.18. The van der Waals surface area contributed by atoms with Gasteiger partial charge < -0.3 is 14.2 Å². The molecule has 50 heavy (non-hydrogen) atoms. The highest BCUT2D eigenvalue weighted by Gasteiger charge is 2.19. The second-order valence-corrected chi connectivity index (χ2v) is 15.2. The van der Waals surface area contributed by atoms with Crippen LogP contribution in [-0.4, -0.2) is 37.2 Å². The summed E-state index contributed by atoms with van der Waals surface area (Å²) in [5.74, 6) is -0.0269. The average Bonchev–Trinajstić information content (AvgIpc) is 3.11. The summed E-state index contributed by atoms with van der Waals surface area (Å²) < 4.78 is 16.6. The number of ether oxygens (including phenoxy) is 3. The maximum Gasteiger partial charge on any atom is 0.306 e. The van der Waals surface area contributed by atoms with Gasteiger partial charge in [0, 0.05) is 19.3 Å². The van der Waals surface area contributed by atoms with E-state index >= 15 is 0 Å².